The zero-order chi connectivity index (χ0) is 42.2. The monoisotopic (exact) mass is 886 g/mol. The van der Waals surface area contributed by atoms with Crippen LogP contribution >= 0.6 is 15.9 Å². The Balaban J connectivity index is 1.44. The molecule has 0 radical (unpaired) electrons. The number of fused-ring (bicyclic) bond motifs is 7. The van der Waals surface area contributed by atoms with E-state index in [1.54, 1.807) is 0 Å². The first-order valence-electron chi connectivity index (χ1n) is 21.9. The Morgan fingerprint density at radius 2 is 0.833 bits per heavy atom. The molecule has 0 atom stereocenters. The Bertz CT molecular complexity index is 2250. The third kappa shape index (κ3) is 9.65. The topological polar surface area (TPSA) is 0 Å². The molecular weight excluding hydrogens is 832 g/mol. The second-order valence-corrected chi connectivity index (χ2v) is 17.7. The van der Waals surface area contributed by atoms with Gasteiger partial charge < -0.3 is 4.48 Å². The van der Waals surface area contributed by atoms with Crippen LogP contribution in [0.15, 0.2) is 84.9 Å². The molecule has 0 amide bonds. The molecular formula is C52H55BrF6N+. The van der Waals surface area contributed by atoms with Crippen LogP contribution in [0.2, 0.25) is 0 Å². The lowest BCUT2D eigenvalue weighted by Crippen LogP contribution is -2.47. The average Bonchev–Trinajstić information content (AvgIpc) is 3.40. The fourth-order valence-electron chi connectivity index (χ4n) is 9.60. The summed E-state index contributed by atoms with van der Waals surface area (Å²) in [5.74, 6) is -8.05. The minimum Gasteiger partial charge on any atom is -0.316 e. The van der Waals surface area contributed by atoms with Crippen LogP contribution in [-0.4, -0.2) is 22.9 Å². The molecule has 1 aliphatic rings. The van der Waals surface area contributed by atoms with Crippen LogP contribution in [0.1, 0.15) is 108 Å². The normalized spacial score (nSPS) is 13.5. The van der Waals surface area contributed by atoms with Gasteiger partial charge in [0.1, 0.15) is 13.1 Å². The van der Waals surface area contributed by atoms with Gasteiger partial charge in [-0.15, -0.1) is 0 Å². The second-order valence-electron chi connectivity index (χ2n) is 16.9. The van der Waals surface area contributed by atoms with Crippen molar-refractivity contribution in [1.29, 1.82) is 0 Å². The summed E-state index contributed by atoms with van der Waals surface area (Å²) in [6.07, 6.45) is 15.9. The number of rotatable bonds is 19. The number of hydrogen-bond acceptors (Lipinski definition) is 0. The molecule has 1 nitrogen and oxygen atoms in total. The van der Waals surface area contributed by atoms with E-state index in [-0.39, 0.29) is 11.1 Å². The van der Waals surface area contributed by atoms with Crippen LogP contribution in [0.4, 0.5) is 26.3 Å². The molecule has 6 aromatic rings. The van der Waals surface area contributed by atoms with Gasteiger partial charge in [-0.05, 0) is 112 Å². The molecule has 0 bridgehead atoms. The molecule has 8 heteroatoms. The number of hydrogen-bond donors (Lipinski definition) is 0. The molecule has 6 aromatic carbocycles. The third-order valence-corrected chi connectivity index (χ3v) is 13.2. The van der Waals surface area contributed by atoms with E-state index in [0.717, 1.165) is 131 Å². The Morgan fingerprint density at radius 1 is 0.467 bits per heavy atom. The zero-order valence-electron chi connectivity index (χ0n) is 34.6. The standard InChI is InChI=1S/C52H55BrF6N/c1-2-3-4-18-25-60(26-19-12-10-8-6-5-7-9-11-17-24-53)33-43-41(37-29-45(54)51(58)46(55)30-37)27-35-20-13-15-22-39(35)49(43)50-40-23-16-14-21-36(40)28-42(44(50)34-60)38-31-47(56)52(59)48(57)32-38/h13-16,20-23,27-32H,2-12,17-19,24-26,33-34H2,1H3/q+1. The molecule has 7 rings (SSSR count). The first-order chi connectivity index (χ1) is 29.1. The largest absolute Gasteiger partial charge is 0.316 e. The van der Waals surface area contributed by atoms with Crippen molar-refractivity contribution in [2.24, 2.45) is 0 Å². The number of benzene rings is 6. The number of nitrogens with zero attached hydrogens (tertiary/aromatic N) is 1. The van der Waals surface area contributed by atoms with Gasteiger partial charge in [-0.2, -0.15) is 0 Å². The van der Waals surface area contributed by atoms with Gasteiger partial charge >= 0.3 is 0 Å². The van der Waals surface area contributed by atoms with Crippen LogP contribution in [-0.2, 0) is 13.1 Å². The summed E-state index contributed by atoms with van der Waals surface area (Å²) in [5, 5.41) is 4.59. The van der Waals surface area contributed by atoms with Gasteiger partial charge in [0, 0.05) is 27.6 Å². The van der Waals surface area contributed by atoms with Crippen molar-refractivity contribution in [1.82, 2.24) is 0 Å². The summed E-state index contributed by atoms with van der Waals surface area (Å²) in [6, 6.07) is 24.1. The predicted molar refractivity (Wildman–Crippen MR) is 239 cm³/mol. The number of alkyl halides is 1. The van der Waals surface area contributed by atoms with Crippen molar-refractivity contribution in [3.63, 3.8) is 0 Å². The van der Waals surface area contributed by atoms with E-state index in [4.69, 9.17) is 0 Å². The van der Waals surface area contributed by atoms with E-state index in [1.165, 1.54) is 44.9 Å². The maximum absolute atomic E-state index is 15.2. The van der Waals surface area contributed by atoms with Crippen LogP contribution < -0.4 is 0 Å². The smallest absolute Gasteiger partial charge is 0.194 e. The van der Waals surface area contributed by atoms with Gasteiger partial charge in [0.15, 0.2) is 34.9 Å². The van der Waals surface area contributed by atoms with Gasteiger partial charge in [0.25, 0.3) is 0 Å². The molecule has 0 aromatic heterocycles. The molecule has 0 spiro atoms. The first kappa shape index (κ1) is 43.9. The predicted octanol–water partition coefficient (Wildman–Crippen LogP) is 16.5. The van der Waals surface area contributed by atoms with E-state index < -0.39 is 34.9 Å². The Hall–Kier alpha value is -4.14. The van der Waals surface area contributed by atoms with Crippen molar-refractivity contribution in [3.8, 4) is 33.4 Å². The molecule has 0 aliphatic carbocycles. The zero-order valence-corrected chi connectivity index (χ0v) is 36.2. The van der Waals surface area contributed by atoms with Crippen molar-refractivity contribution >= 4 is 37.5 Å². The lowest BCUT2D eigenvalue weighted by molar-refractivity contribution is -0.953. The molecule has 0 fully saturated rings. The molecule has 1 heterocycles. The summed E-state index contributed by atoms with van der Waals surface area (Å²) in [4.78, 5) is 0. The maximum atomic E-state index is 15.2. The van der Waals surface area contributed by atoms with Gasteiger partial charge in [-0.25, -0.2) is 26.3 Å². The Labute approximate surface area is 359 Å². The minimum atomic E-state index is -1.51. The molecule has 0 unspecified atom stereocenters. The van der Waals surface area contributed by atoms with Crippen LogP contribution in [0, 0.1) is 34.9 Å². The number of quaternary nitrogens is 1. The van der Waals surface area contributed by atoms with E-state index in [2.05, 4.69) is 35.0 Å². The lowest BCUT2D eigenvalue weighted by Gasteiger charge is -2.39. The first-order valence-corrected chi connectivity index (χ1v) is 23.1. The fraction of sp³-hybridized carbons (Fsp3) is 0.385. The lowest BCUT2D eigenvalue weighted by atomic mass is 9.82. The van der Waals surface area contributed by atoms with Crippen LogP contribution in [0.25, 0.3) is 54.9 Å². The molecule has 316 valence electrons. The molecule has 0 saturated heterocycles. The van der Waals surface area contributed by atoms with E-state index in [9.17, 15) is 8.78 Å². The summed E-state index contributed by atoms with van der Waals surface area (Å²) in [6.45, 7) is 4.84. The van der Waals surface area contributed by atoms with Gasteiger partial charge in [0.2, 0.25) is 0 Å². The summed E-state index contributed by atoms with van der Waals surface area (Å²) in [7, 11) is 0. The quantitative estimate of drug-likeness (QED) is 0.0250. The highest BCUT2D eigenvalue weighted by Crippen LogP contribution is 2.50. The van der Waals surface area contributed by atoms with Gasteiger partial charge in [0.05, 0.1) is 13.1 Å². The maximum Gasteiger partial charge on any atom is 0.194 e. The van der Waals surface area contributed by atoms with Crippen LogP contribution in [0.3, 0.4) is 0 Å². The molecule has 0 saturated carbocycles. The number of unbranched alkanes of at least 4 members (excludes halogenated alkanes) is 12. The highest BCUT2D eigenvalue weighted by Gasteiger charge is 2.38. The minimum absolute atomic E-state index is 0.247. The molecule has 0 N–H and O–H groups in total. The van der Waals surface area contributed by atoms with E-state index in [1.807, 2.05) is 48.5 Å². The van der Waals surface area contributed by atoms with Crippen molar-refractivity contribution in [3.05, 3.63) is 131 Å². The van der Waals surface area contributed by atoms with Crippen molar-refractivity contribution < 1.29 is 30.8 Å². The third-order valence-electron chi connectivity index (χ3n) is 12.6. The second kappa shape index (κ2) is 20.2. The van der Waals surface area contributed by atoms with E-state index >= 15 is 17.6 Å². The number of halogens is 7. The Kier molecular flexibility index (Phi) is 14.8. The summed E-state index contributed by atoms with van der Waals surface area (Å²) < 4.78 is 90.6. The van der Waals surface area contributed by atoms with Gasteiger partial charge in [-0.1, -0.05) is 129 Å². The molecule has 60 heavy (non-hydrogen) atoms. The molecule has 1 aliphatic heterocycles. The summed E-state index contributed by atoms with van der Waals surface area (Å²) in [5.41, 5.74) is 5.29. The van der Waals surface area contributed by atoms with Crippen LogP contribution in [0.5, 0.6) is 0 Å². The highest BCUT2D eigenvalue weighted by atomic mass is 79.9. The highest BCUT2D eigenvalue weighted by molar-refractivity contribution is 9.09. The van der Waals surface area contributed by atoms with Gasteiger partial charge in [-0.3, -0.25) is 0 Å². The average molecular weight is 888 g/mol. The fourth-order valence-corrected chi connectivity index (χ4v) is 10.00. The van der Waals surface area contributed by atoms with E-state index in [0.29, 0.717) is 28.7 Å². The summed E-state index contributed by atoms with van der Waals surface area (Å²) >= 11 is 3.52. The SMILES string of the molecule is CCCCCC[N+]1(CCCCCCCCCCCCBr)Cc2c(-c3cc(F)c(F)c(F)c3)cc3ccccc3c2-c2c(c(-c3cc(F)c(F)c(F)c3)cc3ccccc23)C1. The van der Waals surface area contributed by atoms with Crippen molar-refractivity contribution in [2.45, 2.75) is 110 Å². The Morgan fingerprint density at radius 3 is 1.23 bits per heavy atom. The van der Waals surface area contributed by atoms with Crippen molar-refractivity contribution in [2.75, 3.05) is 18.4 Å².